The van der Waals surface area contributed by atoms with Gasteiger partial charge in [0.05, 0.1) is 18.5 Å². The maximum Gasteiger partial charge on any atom is 0.341 e. The van der Waals surface area contributed by atoms with E-state index in [1.54, 1.807) is 13.1 Å². The fourth-order valence-corrected chi connectivity index (χ4v) is 2.03. The molecule has 1 atom stereocenters. The van der Waals surface area contributed by atoms with E-state index in [-0.39, 0.29) is 12.0 Å². The number of hydrogen-bond acceptors (Lipinski definition) is 4. The molecule has 0 amide bonds. The number of piperidine rings is 1. The molecule has 16 heavy (non-hydrogen) atoms. The summed E-state index contributed by atoms with van der Waals surface area (Å²) < 4.78 is 4.99. The van der Waals surface area contributed by atoms with E-state index in [2.05, 4.69) is 15.5 Å². The van der Waals surface area contributed by atoms with Crippen molar-refractivity contribution >= 4 is 5.97 Å². The van der Waals surface area contributed by atoms with Crippen molar-refractivity contribution in [1.82, 2.24) is 15.5 Å². The number of carbonyl (C=O) groups excluding carboxylic acids is 1. The van der Waals surface area contributed by atoms with E-state index in [4.69, 9.17) is 4.74 Å². The maximum atomic E-state index is 11.7. The highest BCUT2D eigenvalue weighted by Crippen LogP contribution is 2.24. The highest BCUT2D eigenvalue weighted by atomic mass is 16.5. The minimum atomic E-state index is -0.293. The molecule has 0 saturated carbocycles. The summed E-state index contributed by atoms with van der Waals surface area (Å²) in [6.45, 7) is 3.18. The van der Waals surface area contributed by atoms with Crippen LogP contribution in [-0.2, 0) is 4.74 Å². The van der Waals surface area contributed by atoms with Gasteiger partial charge in [-0.1, -0.05) is 6.42 Å². The summed E-state index contributed by atoms with van der Waals surface area (Å²) in [5.41, 5.74) is 1.42. The number of carbonyl (C=O) groups is 1. The van der Waals surface area contributed by atoms with Gasteiger partial charge in [-0.25, -0.2) is 4.79 Å². The number of hydrogen-bond donors (Lipinski definition) is 2. The van der Waals surface area contributed by atoms with Crippen LogP contribution in [0.25, 0.3) is 0 Å². The van der Waals surface area contributed by atoms with Crippen molar-refractivity contribution in [1.29, 1.82) is 0 Å². The van der Waals surface area contributed by atoms with Gasteiger partial charge >= 0.3 is 5.97 Å². The Morgan fingerprint density at radius 1 is 1.62 bits per heavy atom. The highest BCUT2D eigenvalue weighted by Gasteiger charge is 2.23. The summed E-state index contributed by atoms with van der Waals surface area (Å²) in [5, 5.41) is 10.2. The van der Waals surface area contributed by atoms with Gasteiger partial charge in [0, 0.05) is 6.04 Å². The van der Waals surface area contributed by atoms with Crippen LogP contribution in [0.15, 0.2) is 6.20 Å². The molecule has 0 bridgehead atoms. The Balaban J connectivity index is 2.14. The molecule has 0 aromatic carbocycles. The molecule has 1 aromatic rings. The van der Waals surface area contributed by atoms with Crippen molar-refractivity contribution in [2.24, 2.45) is 0 Å². The SMILES string of the molecule is CCOC(=O)c1cn[nH]c1C1CCCCN1. The average Bonchev–Trinajstić information content (AvgIpc) is 2.79. The Morgan fingerprint density at radius 2 is 2.50 bits per heavy atom. The van der Waals surface area contributed by atoms with Crippen LogP contribution in [0, 0.1) is 0 Å². The molecule has 1 aromatic heterocycles. The van der Waals surface area contributed by atoms with E-state index >= 15 is 0 Å². The second-order valence-electron chi connectivity index (χ2n) is 3.92. The van der Waals surface area contributed by atoms with Gasteiger partial charge in [0.1, 0.15) is 5.56 Å². The molecule has 2 heterocycles. The van der Waals surface area contributed by atoms with Crippen molar-refractivity contribution in [3.63, 3.8) is 0 Å². The van der Waals surface area contributed by atoms with Gasteiger partial charge in [-0.15, -0.1) is 0 Å². The van der Waals surface area contributed by atoms with E-state index in [1.807, 2.05) is 0 Å². The monoisotopic (exact) mass is 223 g/mol. The molecule has 5 nitrogen and oxygen atoms in total. The standard InChI is InChI=1S/C11H17N3O2/c1-2-16-11(15)8-7-13-14-10(8)9-5-3-4-6-12-9/h7,9,12H,2-6H2,1H3,(H,13,14). The molecule has 1 unspecified atom stereocenters. The molecule has 1 aliphatic rings. The second kappa shape index (κ2) is 5.12. The van der Waals surface area contributed by atoms with Crippen LogP contribution >= 0.6 is 0 Å². The maximum absolute atomic E-state index is 11.7. The van der Waals surface area contributed by atoms with Crippen molar-refractivity contribution in [2.45, 2.75) is 32.2 Å². The zero-order chi connectivity index (χ0) is 11.4. The van der Waals surface area contributed by atoms with Crippen LogP contribution in [-0.4, -0.2) is 29.3 Å². The molecule has 0 aliphatic carbocycles. The highest BCUT2D eigenvalue weighted by molar-refractivity contribution is 5.90. The number of ether oxygens (including phenoxy) is 1. The van der Waals surface area contributed by atoms with Crippen LogP contribution in [0.1, 0.15) is 48.3 Å². The topological polar surface area (TPSA) is 67.0 Å². The van der Waals surface area contributed by atoms with Gasteiger partial charge in [0.15, 0.2) is 0 Å². The first-order valence-corrected chi connectivity index (χ1v) is 5.76. The molecule has 88 valence electrons. The predicted molar refractivity (Wildman–Crippen MR) is 59.1 cm³/mol. The van der Waals surface area contributed by atoms with Crippen LogP contribution in [0.4, 0.5) is 0 Å². The van der Waals surface area contributed by atoms with Crippen molar-refractivity contribution in [3.8, 4) is 0 Å². The number of aromatic nitrogens is 2. The van der Waals surface area contributed by atoms with Gasteiger partial charge < -0.3 is 10.1 Å². The molecule has 5 heteroatoms. The third-order valence-electron chi connectivity index (χ3n) is 2.82. The minimum Gasteiger partial charge on any atom is -0.462 e. The molecule has 2 N–H and O–H groups in total. The zero-order valence-corrected chi connectivity index (χ0v) is 9.45. The van der Waals surface area contributed by atoms with Crippen molar-refractivity contribution in [2.75, 3.05) is 13.2 Å². The third kappa shape index (κ3) is 2.24. The number of nitrogens with one attached hydrogen (secondary N) is 2. The van der Waals surface area contributed by atoms with E-state index < -0.39 is 0 Å². The first-order valence-electron chi connectivity index (χ1n) is 5.76. The predicted octanol–water partition coefficient (Wildman–Crippen LogP) is 1.40. The normalized spacial score (nSPS) is 20.7. The number of aromatic amines is 1. The molecule has 1 fully saturated rings. The van der Waals surface area contributed by atoms with Crippen molar-refractivity contribution < 1.29 is 9.53 Å². The first-order chi connectivity index (χ1) is 7.83. The van der Waals surface area contributed by atoms with Gasteiger partial charge in [-0.3, -0.25) is 5.10 Å². The number of H-pyrrole nitrogens is 1. The summed E-state index contributed by atoms with van der Waals surface area (Å²) in [7, 11) is 0. The number of rotatable bonds is 3. The first kappa shape index (κ1) is 11.1. The fraction of sp³-hybridized carbons (Fsp3) is 0.636. The van der Waals surface area contributed by atoms with E-state index in [0.29, 0.717) is 12.2 Å². The Labute approximate surface area is 94.6 Å². The van der Waals surface area contributed by atoms with Crippen LogP contribution in [0.2, 0.25) is 0 Å². The van der Waals surface area contributed by atoms with E-state index in [9.17, 15) is 4.79 Å². The molecule has 2 rings (SSSR count). The summed E-state index contributed by atoms with van der Waals surface area (Å²) >= 11 is 0. The van der Waals surface area contributed by atoms with Gasteiger partial charge in [-0.05, 0) is 26.3 Å². The Bertz CT molecular complexity index is 356. The summed E-state index contributed by atoms with van der Waals surface area (Å²) in [6.07, 6.45) is 4.95. The smallest absolute Gasteiger partial charge is 0.341 e. The molecular formula is C11H17N3O2. The lowest BCUT2D eigenvalue weighted by Gasteiger charge is -2.22. The summed E-state index contributed by atoms with van der Waals surface area (Å²) in [6, 6.07) is 0.204. The lowest BCUT2D eigenvalue weighted by atomic mass is 10.00. The summed E-state index contributed by atoms with van der Waals surface area (Å²) in [4.78, 5) is 11.7. The Hall–Kier alpha value is -1.36. The second-order valence-corrected chi connectivity index (χ2v) is 3.92. The fourth-order valence-electron chi connectivity index (χ4n) is 2.03. The number of esters is 1. The zero-order valence-electron chi connectivity index (χ0n) is 9.45. The lowest BCUT2D eigenvalue weighted by Crippen LogP contribution is -2.28. The Morgan fingerprint density at radius 3 is 3.19 bits per heavy atom. The Kier molecular flexibility index (Phi) is 3.56. The van der Waals surface area contributed by atoms with Crippen molar-refractivity contribution in [3.05, 3.63) is 17.5 Å². The number of nitrogens with zero attached hydrogens (tertiary/aromatic N) is 1. The molecular weight excluding hydrogens is 206 g/mol. The van der Waals surface area contributed by atoms with E-state index in [0.717, 1.165) is 18.7 Å². The molecule has 0 radical (unpaired) electrons. The van der Waals surface area contributed by atoms with Gasteiger partial charge in [-0.2, -0.15) is 5.10 Å². The molecule has 0 spiro atoms. The molecule has 1 aliphatic heterocycles. The summed E-state index contributed by atoms with van der Waals surface area (Å²) in [5.74, 6) is -0.293. The molecule has 1 saturated heterocycles. The quantitative estimate of drug-likeness (QED) is 0.760. The largest absolute Gasteiger partial charge is 0.462 e. The van der Waals surface area contributed by atoms with Crippen LogP contribution < -0.4 is 5.32 Å². The third-order valence-corrected chi connectivity index (χ3v) is 2.82. The lowest BCUT2D eigenvalue weighted by molar-refractivity contribution is 0.0524. The van der Waals surface area contributed by atoms with Crippen LogP contribution in [0.3, 0.4) is 0 Å². The minimum absolute atomic E-state index is 0.204. The van der Waals surface area contributed by atoms with E-state index in [1.165, 1.54) is 12.8 Å². The van der Waals surface area contributed by atoms with Gasteiger partial charge in [0.2, 0.25) is 0 Å². The van der Waals surface area contributed by atoms with Gasteiger partial charge in [0.25, 0.3) is 0 Å². The van der Waals surface area contributed by atoms with Crippen LogP contribution in [0.5, 0.6) is 0 Å². The average molecular weight is 223 g/mol.